The van der Waals surface area contributed by atoms with Crippen molar-refractivity contribution in [1.29, 1.82) is 0 Å². The fraction of sp³-hybridized carbons (Fsp3) is 0.238. The zero-order chi connectivity index (χ0) is 19.3. The van der Waals surface area contributed by atoms with Gasteiger partial charge in [-0.25, -0.2) is 14.4 Å². The molecule has 3 heterocycles. The summed E-state index contributed by atoms with van der Waals surface area (Å²) in [6.45, 7) is 1.12. The van der Waals surface area contributed by atoms with E-state index in [0.29, 0.717) is 29.8 Å². The molecule has 3 aromatic rings. The van der Waals surface area contributed by atoms with Crippen molar-refractivity contribution in [3.8, 4) is 16.9 Å². The van der Waals surface area contributed by atoms with Gasteiger partial charge in [0.25, 0.3) is 5.91 Å². The minimum absolute atomic E-state index is 0.0396. The lowest BCUT2D eigenvalue weighted by atomic mass is 10.0. The number of rotatable bonds is 4. The van der Waals surface area contributed by atoms with Crippen LogP contribution >= 0.6 is 0 Å². The molecular formula is C21H19FN4O2. The molecule has 0 bridgehead atoms. The molecule has 0 aliphatic carbocycles. The van der Waals surface area contributed by atoms with Crippen LogP contribution in [0.15, 0.2) is 61.4 Å². The van der Waals surface area contributed by atoms with Gasteiger partial charge in [-0.3, -0.25) is 9.78 Å². The number of carbonyl (C=O) groups excluding carboxylic acids is 1. The molecule has 0 radical (unpaired) electrons. The predicted molar refractivity (Wildman–Crippen MR) is 101 cm³/mol. The lowest BCUT2D eigenvalue weighted by Gasteiger charge is -2.32. The molecule has 1 amide bonds. The summed E-state index contributed by atoms with van der Waals surface area (Å²) in [4.78, 5) is 26.6. The Morgan fingerprint density at radius 3 is 2.54 bits per heavy atom. The Hall–Kier alpha value is -3.35. The third-order valence-corrected chi connectivity index (χ3v) is 4.70. The van der Waals surface area contributed by atoms with Crippen LogP contribution in [0.2, 0.25) is 0 Å². The van der Waals surface area contributed by atoms with Crippen LogP contribution in [0.25, 0.3) is 11.1 Å². The molecule has 1 aliphatic rings. The van der Waals surface area contributed by atoms with Gasteiger partial charge in [0.1, 0.15) is 24.0 Å². The molecule has 7 heteroatoms. The molecule has 142 valence electrons. The van der Waals surface area contributed by atoms with Crippen molar-refractivity contribution in [2.45, 2.75) is 18.9 Å². The second kappa shape index (κ2) is 8.12. The molecule has 6 nitrogen and oxygen atoms in total. The monoisotopic (exact) mass is 378 g/mol. The smallest absolute Gasteiger partial charge is 0.253 e. The summed E-state index contributed by atoms with van der Waals surface area (Å²) < 4.78 is 20.0. The van der Waals surface area contributed by atoms with Crippen molar-refractivity contribution < 1.29 is 13.9 Å². The van der Waals surface area contributed by atoms with Gasteiger partial charge in [-0.2, -0.15) is 0 Å². The molecule has 2 aromatic heterocycles. The summed E-state index contributed by atoms with van der Waals surface area (Å²) in [6.07, 6.45) is 9.45. The molecule has 0 unspecified atom stereocenters. The number of likely N-dealkylation sites (tertiary alicyclic amines) is 1. The highest BCUT2D eigenvalue weighted by atomic mass is 19.1. The summed E-state index contributed by atoms with van der Waals surface area (Å²) in [5.41, 5.74) is 1.57. The van der Waals surface area contributed by atoms with Crippen molar-refractivity contribution in [2.24, 2.45) is 0 Å². The number of amides is 1. The highest BCUT2D eigenvalue weighted by molar-refractivity contribution is 5.95. The zero-order valence-corrected chi connectivity index (χ0v) is 15.2. The molecule has 28 heavy (non-hydrogen) atoms. The number of nitrogens with zero attached hydrogens (tertiary/aromatic N) is 4. The van der Waals surface area contributed by atoms with E-state index in [1.807, 2.05) is 12.1 Å². The number of benzene rings is 1. The third kappa shape index (κ3) is 4.14. The molecule has 0 atom stereocenters. The molecule has 1 saturated heterocycles. The maximum Gasteiger partial charge on any atom is 0.253 e. The van der Waals surface area contributed by atoms with Crippen molar-refractivity contribution in [2.75, 3.05) is 13.1 Å². The van der Waals surface area contributed by atoms with E-state index >= 15 is 0 Å². The highest BCUT2D eigenvalue weighted by Crippen LogP contribution is 2.23. The number of hydrogen-bond acceptors (Lipinski definition) is 5. The van der Waals surface area contributed by atoms with E-state index in [9.17, 15) is 9.18 Å². The maximum atomic E-state index is 14.1. The number of pyridine rings is 1. The Morgan fingerprint density at radius 2 is 1.82 bits per heavy atom. The average molecular weight is 378 g/mol. The van der Waals surface area contributed by atoms with Crippen LogP contribution in [-0.4, -0.2) is 45.0 Å². The van der Waals surface area contributed by atoms with Gasteiger partial charge >= 0.3 is 0 Å². The van der Waals surface area contributed by atoms with Crippen LogP contribution in [0.1, 0.15) is 23.2 Å². The Morgan fingerprint density at radius 1 is 1.04 bits per heavy atom. The van der Waals surface area contributed by atoms with Crippen molar-refractivity contribution in [3.05, 3.63) is 72.8 Å². The number of aromatic nitrogens is 3. The largest absolute Gasteiger partial charge is 0.489 e. The first-order chi connectivity index (χ1) is 13.7. The Balaban J connectivity index is 1.43. The highest BCUT2D eigenvalue weighted by Gasteiger charge is 2.25. The molecule has 4 rings (SSSR count). The molecule has 0 spiro atoms. The minimum atomic E-state index is -0.459. The number of halogens is 1. The van der Waals surface area contributed by atoms with Crippen LogP contribution in [0.5, 0.6) is 5.75 Å². The molecule has 1 aliphatic heterocycles. The van der Waals surface area contributed by atoms with Gasteiger partial charge in [0.05, 0.1) is 6.20 Å². The topological polar surface area (TPSA) is 68.2 Å². The second-order valence-electron chi connectivity index (χ2n) is 6.65. The molecular weight excluding hydrogens is 359 g/mol. The fourth-order valence-electron chi connectivity index (χ4n) is 3.30. The maximum absolute atomic E-state index is 14.1. The summed E-state index contributed by atoms with van der Waals surface area (Å²) in [5, 5.41) is 0. The third-order valence-electron chi connectivity index (χ3n) is 4.70. The molecule has 0 N–H and O–H groups in total. The second-order valence-corrected chi connectivity index (χ2v) is 6.65. The fourth-order valence-corrected chi connectivity index (χ4v) is 3.30. The summed E-state index contributed by atoms with van der Waals surface area (Å²) >= 11 is 0. The Kier molecular flexibility index (Phi) is 5.23. The van der Waals surface area contributed by atoms with Crippen LogP contribution in [-0.2, 0) is 0 Å². The predicted octanol–water partition coefficient (Wildman–Crippen LogP) is 3.36. The lowest BCUT2D eigenvalue weighted by Crippen LogP contribution is -2.41. The Labute approximate surface area is 162 Å². The van der Waals surface area contributed by atoms with E-state index in [1.54, 1.807) is 35.8 Å². The summed E-state index contributed by atoms with van der Waals surface area (Å²) in [7, 11) is 0. The quantitative estimate of drug-likeness (QED) is 0.696. The van der Waals surface area contributed by atoms with Gasteiger partial charge in [0.15, 0.2) is 0 Å². The van der Waals surface area contributed by atoms with Gasteiger partial charge in [-0.1, -0.05) is 0 Å². The van der Waals surface area contributed by atoms with Gasteiger partial charge in [0, 0.05) is 55.6 Å². The van der Waals surface area contributed by atoms with Crippen LogP contribution in [0, 0.1) is 5.82 Å². The van der Waals surface area contributed by atoms with Crippen LogP contribution in [0.3, 0.4) is 0 Å². The normalized spacial score (nSPS) is 14.7. The van der Waals surface area contributed by atoms with Gasteiger partial charge in [-0.15, -0.1) is 0 Å². The van der Waals surface area contributed by atoms with Gasteiger partial charge in [0.2, 0.25) is 0 Å². The molecule has 0 saturated carbocycles. The SMILES string of the molecule is O=C(c1cc(F)cc(-c2cncnc2)c1)N1CCC(Oc2cccnc2)CC1. The summed E-state index contributed by atoms with van der Waals surface area (Å²) in [6, 6.07) is 8.03. The van der Waals surface area contributed by atoms with Crippen molar-refractivity contribution in [1.82, 2.24) is 19.9 Å². The van der Waals surface area contributed by atoms with Crippen molar-refractivity contribution >= 4 is 5.91 Å². The first-order valence-corrected chi connectivity index (χ1v) is 9.11. The number of ether oxygens (including phenoxy) is 1. The van der Waals surface area contributed by atoms with E-state index in [0.717, 1.165) is 18.6 Å². The zero-order valence-electron chi connectivity index (χ0n) is 15.2. The lowest BCUT2D eigenvalue weighted by molar-refractivity contribution is 0.0594. The van der Waals surface area contributed by atoms with E-state index in [1.165, 1.54) is 18.5 Å². The molecule has 1 aromatic carbocycles. The number of carbonyl (C=O) groups is 1. The van der Waals surface area contributed by atoms with Crippen LogP contribution in [0.4, 0.5) is 4.39 Å². The number of piperidine rings is 1. The first-order valence-electron chi connectivity index (χ1n) is 9.11. The van der Waals surface area contributed by atoms with Gasteiger partial charge in [-0.05, 0) is 35.9 Å². The standard InChI is InChI=1S/C21H19FN4O2/c22-18-9-15(17-11-24-14-25-12-17)8-16(10-18)21(27)26-6-3-19(4-7-26)28-20-2-1-5-23-13-20/h1-2,5,8-14,19H,3-4,6-7H2. The van der Waals surface area contributed by atoms with Crippen LogP contribution < -0.4 is 4.74 Å². The summed E-state index contributed by atoms with van der Waals surface area (Å²) in [5.74, 6) is 0.0871. The van der Waals surface area contributed by atoms with E-state index < -0.39 is 5.82 Å². The van der Waals surface area contributed by atoms with Crippen molar-refractivity contribution in [3.63, 3.8) is 0 Å². The average Bonchev–Trinajstić information content (AvgIpc) is 2.75. The molecule has 1 fully saturated rings. The van der Waals surface area contributed by atoms with Gasteiger partial charge < -0.3 is 9.64 Å². The minimum Gasteiger partial charge on any atom is -0.489 e. The van der Waals surface area contributed by atoms with E-state index in [4.69, 9.17) is 4.74 Å². The Bertz CT molecular complexity index is 945. The van der Waals surface area contributed by atoms with E-state index in [2.05, 4.69) is 15.0 Å². The first kappa shape index (κ1) is 18.0. The number of hydrogen-bond donors (Lipinski definition) is 0. The van der Waals surface area contributed by atoms with E-state index in [-0.39, 0.29) is 12.0 Å².